The van der Waals surface area contributed by atoms with Gasteiger partial charge in [-0.2, -0.15) is 0 Å². The smallest absolute Gasteiger partial charge is 0.109 e. The molecule has 1 unspecified atom stereocenters. The van der Waals surface area contributed by atoms with E-state index in [0.29, 0.717) is 7.93 Å². The standard InChI is InChI=1S/C6H19NSi2.C2H6ClP/c1-8(2,3)7-9(4,5)6;1-2-4-3/h7H,1-6H3;4H,2H2,1H3. The summed E-state index contributed by atoms with van der Waals surface area (Å²) in [6.07, 6.45) is 1.11. The second kappa shape index (κ2) is 7.41. The normalized spacial score (nSPS) is 12.9. The molecule has 13 heavy (non-hydrogen) atoms. The fraction of sp³-hybridized carbons (Fsp3) is 1.00. The molecule has 5 heteroatoms. The first-order valence-corrected chi connectivity index (χ1v) is 14.0. The van der Waals surface area contributed by atoms with E-state index in [1.807, 2.05) is 0 Å². The van der Waals surface area contributed by atoms with Gasteiger partial charge in [-0.15, -0.1) is 11.2 Å². The van der Waals surface area contributed by atoms with Gasteiger partial charge < -0.3 is 4.65 Å². The Morgan fingerprint density at radius 3 is 1.23 bits per heavy atom. The van der Waals surface area contributed by atoms with Crippen molar-refractivity contribution < 1.29 is 0 Å². The zero-order valence-corrected chi connectivity index (χ0v) is 13.8. The Morgan fingerprint density at radius 1 is 1.00 bits per heavy atom. The average molecular weight is 258 g/mol. The molecule has 0 aliphatic rings. The van der Waals surface area contributed by atoms with Gasteiger partial charge in [-0.3, -0.25) is 0 Å². The molecule has 82 valence electrons. The lowest BCUT2D eigenvalue weighted by Crippen LogP contribution is -2.55. The minimum atomic E-state index is -0.981. The fourth-order valence-corrected chi connectivity index (χ4v) is 10.1. The lowest BCUT2D eigenvalue weighted by atomic mass is 11.0. The summed E-state index contributed by atoms with van der Waals surface area (Å²) >= 11 is 5.21. The van der Waals surface area contributed by atoms with Crippen molar-refractivity contribution >= 4 is 35.6 Å². The Balaban J connectivity index is 0. The molecule has 0 aromatic rings. The second-order valence-electron chi connectivity index (χ2n) is 5.11. The minimum Gasteiger partial charge on any atom is -0.360 e. The van der Waals surface area contributed by atoms with E-state index in [2.05, 4.69) is 50.9 Å². The van der Waals surface area contributed by atoms with Crippen molar-refractivity contribution in [2.75, 3.05) is 6.16 Å². The van der Waals surface area contributed by atoms with Crippen molar-refractivity contribution in [2.45, 2.75) is 46.2 Å². The van der Waals surface area contributed by atoms with Crippen molar-refractivity contribution in [1.82, 2.24) is 4.65 Å². The van der Waals surface area contributed by atoms with E-state index < -0.39 is 16.5 Å². The van der Waals surface area contributed by atoms with Gasteiger partial charge >= 0.3 is 0 Å². The highest BCUT2D eigenvalue weighted by atomic mass is 35.7. The van der Waals surface area contributed by atoms with Crippen LogP contribution < -0.4 is 4.65 Å². The van der Waals surface area contributed by atoms with E-state index >= 15 is 0 Å². The molecule has 0 fully saturated rings. The third-order valence-corrected chi connectivity index (χ3v) is 7.95. The molecule has 0 saturated heterocycles. The first kappa shape index (κ1) is 16.5. The molecule has 0 amide bonds. The van der Waals surface area contributed by atoms with Crippen LogP contribution in [-0.2, 0) is 0 Å². The molecule has 1 nitrogen and oxygen atoms in total. The summed E-state index contributed by atoms with van der Waals surface area (Å²) in [4.78, 5) is 0. The molecular formula is C8H25ClNPSi2. The number of halogens is 1. The van der Waals surface area contributed by atoms with E-state index in [0.717, 1.165) is 6.16 Å². The topological polar surface area (TPSA) is 12.0 Å². The van der Waals surface area contributed by atoms with Crippen LogP contribution in [-0.4, -0.2) is 22.6 Å². The molecule has 0 bridgehead atoms. The number of hydrogen-bond donors (Lipinski definition) is 1. The van der Waals surface area contributed by atoms with E-state index in [-0.39, 0.29) is 0 Å². The third-order valence-electron chi connectivity index (χ3n) is 0.884. The molecule has 1 N–H and O–H groups in total. The van der Waals surface area contributed by atoms with E-state index in [9.17, 15) is 0 Å². The average Bonchev–Trinajstić information content (AvgIpc) is 1.80. The van der Waals surface area contributed by atoms with Gasteiger partial charge in [0.25, 0.3) is 0 Å². The Hall–Kier alpha value is 1.11. The summed E-state index contributed by atoms with van der Waals surface area (Å²) in [5.41, 5.74) is 0. The quantitative estimate of drug-likeness (QED) is 0.593. The van der Waals surface area contributed by atoms with Crippen LogP contribution >= 0.6 is 19.2 Å². The maximum absolute atomic E-state index is 5.21. The highest BCUT2D eigenvalue weighted by Gasteiger charge is 2.22. The zero-order valence-electron chi connectivity index (χ0n) is 10.1. The van der Waals surface area contributed by atoms with Crippen molar-refractivity contribution in [3.05, 3.63) is 0 Å². The van der Waals surface area contributed by atoms with Crippen LogP contribution in [0.2, 0.25) is 39.3 Å². The van der Waals surface area contributed by atoms with Gasteiger partial charge in [0.2, 0.25) is 0 Å². The first-order valence-electron chi connectivity index (χ1n) is 4.75. The van der Waals surface area contributed by atoms with Gasteiger partial charge in [-0.1, -0.05) is 46.2 Å². The molecule has 0 radical (unpaired) electrons. The van der Waals surface area contributed by atoms with Crippen LogP contribution in [0.3, 0.4) is 0 Å². The van der Waals surface area contributed by atoms with Crippen molar-refractivity contribution in [3.63, 3.8) is 0 Å². The molecule has 0 rings (SSSR count). The van der Waals surface area contributed by atoms with Crippen molar-refractivity contribution in [2.24, 2.45) is 0 Å². The fourth-order valence-electron chi connectivity index (χ4n) is 1.12. The van der Waals surface area contributed by atoms with E-state index in [4.69, 9.17) is 11.2 Å². The van der Waals surface area contributed by atoms with Crippen LogP contribution in [0.25, 0.3) is 0 Å². The number of hydrogen-bond acceptors (Lipinski definition) is 1. The third kappa shape index (κ3) is 24.6. The van der Waals surface area contributed by atoms with Gasteiger partial charge in [0.15, 0.2) is 0 Å². The predicted octanol–water partition coefficient (Wildman–Crippen LogP) is 4.08. The molecule has 0 spiro atoms. The predicted molar refractivity (Wildman–Crippen MR) is 74.5 cm³/mol. The molecule has 0 aromatic heterocycles. The molecule has 0 aliphatic carbocycles. The summed E-state index contributed by atoms with van der Waals surface area (Å²) in [7, 11) is -1.35. The Labute approximate surface area is 92.8 Å². The van der Waals surface area contributed by atoms with E-state index in [1.165, 1.54) is 0 Å². The van der Waals surface area contributed by atoms with Crippen LogP contribution in [0.15, 0.2) is 0 Å². The van der Waals surface area contributed by atoms with Crippen molar-refractivity contribution in [3.8, 4) is 0 Å². The molecular weight excluding hydrogens is 233 g/mol. The monoisotopic (exact) mass is 257 g/mol. The summed E-state index contributed by atoms with van der Waals surface area (Å²) in [6.45, 7) is 16.2. The van der Waals surface area contributed by atoms with Crippen LogP contribution in [0.5, 0.6) is 0 Å². The second-order valence-corrected chi connectivity index (χ2v) is 16.9. The first-order chi connectivity index (χ1) is 5.62. The SMILES string of the molecule is CCPCl.C[Si](C)(C)N[Si](C)(C)C. The Bertz CT molecular complexity index is 106. The highest BCUT2D eigenvalue weighted by molar-refractivity contribution is 7.68. The van der Waals surface area contributed by atoms with Gasteiger partial charge in [0.05, 0.1) is 0 Å². The zero-order chi connectivity index (χ0) is 11.1. The lowest BCUT2D eigenvalue weighted by molar-refractivity contribution is 1.30. The lowest BCUT2D eigenvalue weighted by Gasteiger charge is -2.28. The van der Waals surface area contributed by atoms with E-state index in [1.54, 1.807) is 0 Å². The van der Waals surface area contributed by atoms with Crippen molar-refractivity contribution in [1.29, 1.82) is 0 Å². The summed E-state index contributed by atoms with van der Waals surface area (Å²) in [5, 5.41) is 0. The van der Waals surface area contributed by atoms with Gasteiger partial charge in [0, 0.05) is 0 Å². The summed E-state index contributed by atoms with van der Waals surface area (Å²) in [5.74, 6) is 0. The Morgan fingerprint density at radius 2 is 1.23 bits per heavy atom. The highest BCUT2D eigenvalue weighted by Crippen LogP contribution is 2.12. The molecule has 0 aliphatic heterocycles. The van der Waals surface area contributed by atoms with Crippen LogP contribution in [0.1, 0.15) is 6.92 Å². The number of rotatable bonds is 3. The largest absolute Gasteiger partial charge is 0.360 e. The Kier molecular flexibility index (Phi) is 9.43. The number of nitrogens with one attached hydrogen (secondary N) is 1. The minimum absolute atomic E-state index is 0.613. The maximum atomic E-state index is 5.21. The van der Waals surface area contributed by atoms with Gasteiger partial charge in [0.1, 0.15) is 16.5 Å². The van der Waals surface area contributed by atoms with Gasteiger partial charge in [-0.25, -0.2) is 0 Å². The summed E-state index contributed by atoms with van der Waals surface area (Å²) in [6, 6.07) is 0. The van der Waals surface area contributed by atoms with Crippen LogP contribution in [0.4, 0.5) is 0 Å². The van der Waals surface area contributed by atoms with Gasteiger partial charge in [-0.05, 0) is 14.1 Å². The molecule has 0 heterocycles. The molecule has 0 saturated carbocycles. The summed E-state index contributed by atoms with van der Waals surface area (Å²) < 4.78 is 3.74. The van der Waals surface area contributed by atoms with Crippen LogP contribution in [0, 0.1) is 0 Å². The molecule has 1 atom stereocenters. The molecule has 0 aromatic carbocycles. The maximum Gasteiger partial charge on any atom is 0.109 e.